The Morgan fingerprint density at radius 2 is 1.97 bits per heavy atom. The van der Waals surface area contributed by atoms with Gasteiger partial charge in [-0.2, -0.15) is 0 Å². The number of nitrogen functional groups attached to an aromatic ring is 1. The number of rotatable bonds is 11. The van der Waals surface area contributed by atoms with Crippen molar-refractivity contribution in [3.63, 3.8) is 0 Å². The van der Waals surface area contributed by atoms with Crippen LogP contribution in [0.4, 0.5) is 10.2 Å². The number of hydrogen-bond acceptors (Lipinski definition) is 6. The van der Waals surface area contributed by atoms with Crippen molar-refractivity contribution in [2.24, 2.45) is 0 Å². The first-order chi connectivity index (χ1) is 17.3. The maximum absolute atomic E-state index is 14.8. The van der Waals surface area contributed by atoms with Gasteiger partial charge in [-0.05, 0) is 31.5 Å². The van der Waals surface area contributed by atoms with Crippen molar-refractivity contribution in [1.29, 1.82) is 0 Å². The van der Waals surface area contributed by atoms with Crippen LogP contribution in [0, 0.1) is 12.7 Å². The molecular weight excluding hydrogens is 483 g/mol. The molecule has 3 aromatic rings. The Balaban J connectivity index is 1.94. The first-order valence-electron chi connectivity index (χ1n) is 11.2. The Kier molecular flexibility index (Phi) is 9.69. The van der Waals surface area contributed by atoms with E-state index in [1.165, 1.54) is 17.0 Å². The standard InChI is InChI=1S/C26H29FN4O4S/c1-17(31(16-33)14-20-13-29-18(2)30-25(20)28)23(11-12-32)36-26(34)24-21(27)9-6-10-22(24)35-15-19-7-4-3-5-8-19/h3-10,13,16,32,34,36H,11-12,14-15H2,1-2H3,(H2,28,29,30)/b23-17-. The van der Waals surface area contributed by atoms with Crippen LogP contribution >= 0.6 is 11.4 Å². The summed E-state index contributed by atoms with van der Waals surface area (Å²) in [6.45, 7) is 3.44. The van der Waals surface area contributed by atoms with E-state index in [1.54, 1.807) is 26.1 Å². The SMILES string of the molecule is C/C(=C(CCO)/[SH]=C(\O)c1c(F)cccc1OCc1ccccc1)N(C=O)Cc1cnc(C)nc1N. The highest BCUT2D eigenvalue weighted by atomic mass is 32.1. The molecule has 0 fully saturated rings. The number of anilines is 1. The van der Waals surface area contributed by atoms with Crippen molar-refractivity contribution in [3.8, 4) is 5.75 Å². The Bertz CT molecular complexity index is 1270. The zero-order chi connectivity index (χ0) is 26.1. The number of thiol groups is 1. The Morgan fingerprint density at radius 1 is 1.22 bits per heavy atom. The number of hydrogen-bond donors (Lipinski definition) is 4. The van der Waals surface area contributed by atoms with E-state index in [-0.39, 0.29) is 59.7 Å². The molecule has 0 spiro atoms. The van der Waals surface area contributed by atoms with Gasteiger partial charge in [0.25, 0.3) is 0 Å². The molecule has 36 heavy (non-hydrogen) atoms. The average molecular weight is 513 g/mol. The van der Waals surface area contributed by atoms with Gasteiger partial charge in [-0.25, -0.2) is 14.4 Å². The fourth-order valence-electron chi connectivity index (χ4n) is 3.40. The van der Waals surface area contributed by atoms with Crippen LogP contribution in [-0.4, -0.2) is 43.1 Å². The van der Waals surface area contributed by atoms with Crippen LogP contribution in [-0.2, 0) is 17.9 Å². The van der Waals surface area contributed by atoms with Gasteiger partial charge < -0.3 is 25.6 Å². The van der Waals surface area contributed by atoms with Crippen molar-refractivity contribution >= 4 is 28.6 Å². The predicted octanol–water partition coefficient (Wildman–Crippen LogP) is 3.86. The topological polar surface area (TPSA) is 122 Å². The molecule has 190 valence electrons. The number of allylic oxidation sites excluding steroid dienone is 1. The summed E-state index contributed by atoms with van der Waals surface area (Å²) < 4.78 is 20.6. The lowest BCUT2D eigenvalue weighted by Gasteiger charge is -2.22. The van der Waals surface area contributed by atoms with Gasteiger partial charge in [-0.3, -0.25) is 4.79 Å². The molecule has 1 amide bonds. The summed E-state index contributed by atoms with van der Waals surface area (Å²) in [5, 5.41) is 20.3. The van der Waals surface area contributed by atoms with E-state index in [9.17, 15) is 19.4 Å². The van der Waals surface area contributed by atoms with Crippen LogP contribution in [0.15, 0.2) is 65.3 Å². The van der Waals surface area contributed by atoms with Gasteiger partial charge in [0, 0.05) is 35.4 Å². The van der Waals surface area contributed by atoms with Crippen LogP contribution in [0.25, 0.3) is 0 Å². The molecular formula is C26H29FN4O4S. The summed E-state index contributed by atoms with van der Waals surface area (Å²) >= 11 is 0.218. The molecule has 0 aliphatic rings. The normalized spacial score (nSPS) is 12.4. The highest BCUT2D eigenvalue weighted by Gasteiger charge is 2.17. The molecule has 2 aromatic carbocycles. The zero-order valence-electron chi connectivity index (χ0n) is 20.1. The Labute approximate surface area is 212 Å². The number of amides is 1. The maximum Gasteiger partial charge on any atom is 0.214 e. The highest BCUT2D eigenvalue weighted by Crippen LogP contribution is 2.28. The van der Waals surface area contributed by atoms with E-state index < -0.39 is 5.82 Å². The van der Waals surface area contributed by atoms with E-state index in [2.05, 4.69) is 9.97 Å². The average Bonchev–Trinajstić information content (AvgIpc) is 2.87. The lowest BCUT2D eigenvalue weighted by molar-refractivity contribution is -0.116. The molecule has 0 radical (unpaired) electrons. The van der Waals surface area contributed by atoms with Gasteiger partial charge in [0.15, 0.2) is 0 Å². The molecule has 0 aliphatic heterocycles. The minimum atomic E-state index is -0.650. The molecule has 8 nitrogen and oxygen atoms in total. The van der Waals surface area contributed by atoms with Crippen LogP contribution in [0.3, 0.4) is 0 Å². The third-order valence-electron chi connectivity index (χ3n) is 5.36. The molecule has 0 saturated carbocycles. The van der Waals surface area contributed by atoms with Crippen molar-refractivity contribution in [2.75, 3.05) is 12.3 Å². The second-order valence-electron chi connectivity index (χ2n) is 7.89. The van der Waals surface area contributed by atoms with Crippen molar-refractivity contribution < 1.29 is 24.1 Å². The summed E-state index contributed by atoms with van der Waals surface area (Å²) in [6.07, 6.45) is 2.32. The summed E-state index contributed by atoms with van der Waals surface area (Å²) in [5.74, 6) is 0.296. The monoisotopic (exact) mass is 512 g/mol. The lowest BCUT2D eigenvalue weighted by Crippen LogP contribution is -2.22. The molecule has 0 saturated heterocycles. The molecule has 0 aliphatic carbocycles. The van der Waals surface area contributed by atoms with E-state index in [1.807, 2.05) is 30.3 Å². The van der Waals surface area contributed by atoms with Crippen molar-refractivity contribution in [3.05, 3.63) is 93.7 Å². The molecule has 10 heteroatoms. The Hall–Kier alpha value is -3.60. The highest BCUT2D eigenvalue weighted by molar-refractivity contribution is 8.02. The molecule has 0 unspecified atom stereocenters. The van der Waals surface area contributed by atoms with Gasteiger partial charge in [-0.1, -0.05) is 36.4 Å². The van der Waals surface area contributed by atoms with Gasteiger partial charge in [0.1, 0.15) is 34.9 Å². The van der Waals surface area contributed by atoms with Crippen molar-refractivity contribution in [2.45, 2.75) is 33.4 Å². The number of benzene rings is 2. The van der Waals surface area contributed by atoms with E-state index in [0.717, 1.165) is 5.56 Å². The number of nitrogens with zero attached hydrogens (tertiary/aromatic N) is 3. The van der Waals surface area contributed by atoms with Gasteiger partial charge in [-0.15, -0.1) is 11.4 Å². The summed E-state index contributed by atoms with van der Waals surface area (Å²) in [6, 6.07) is 13.7. The number of aliphatic hydroxyl groups excluding tert-OH is 2. The Morgan fingerprint density at radius 3 is 2.64 bits per heavy atom. The molecule has 1 heterocycles. The third kappa shape index (κ3) is 6.97. The largest absolute Gasteiger partial charge is 0.488 e. The first-order valence-corrected chi connectivity index (χ1v) is 12.1. The molecule has 0 atom stereocenters. The third-order valence-corrected chi connectivity index (χ3v) is 6.61. The summed E-state index contributed by atoms with van der Waals surface area (Å²) in [7, 11) is 0. The van der Waals surface area contributed by atoms with Crippen LogP contribution in [0.5, 0.6) is 5.75 Å². The maximum atomic E-state index is 14.8. The van der Waals surface area contributed by atoms with Crippen molar-refractivity contribution in [1.82, 2.24) is 14.9 Å². The zero-order valence-corrected chi connectivity index (χ0v) is 21.0. The second kappa shape index (κ2) is 12.9. The van der Waals surface area contributed by atoms with Gasteiger partial charge >= 0.3 is 0 Å². The quantitative estimate of drug-likeness (QED) is 0.175. The van der Waals surface area contributed by atoms with E-state index >= 15 is 0 Å². The number of aliphatic hydroxyl groups is 2. The first kappa shape index (κ1) is 27.0. The number of nitrogens with two attached hydrogens (primary N) is 1. The molecule has 3 rings (SSSR count). The number of carbonyl (C=O) groups excluding carboxylic acids is 1. The molecule has 1 aromatic heterocycles. The molecule has 0 bridgehead atoms. The van der Waals surface area contributed by atoms with Crippen LogP contribution in [0.1, 0.15) is 35.9 Å². The number of carbonyl (C=O) groups is 1. The molecule has 4 N–H and O–H groups in total. The van der Waals surface area contributed by atoms with Crippen LogP contribution in [0.2, 0.25) is 0 Å². The van der Waals surface area contributed by atoms with Gasteiger partial charge in [0.05, 0.1) is 12.1 Å². The van der Waals surface area contributed by atoms with Gasteiger partial charge in [0.2, 0.25) is 6.41 Å². The number of aryl methyl sites for hydroxylation is 1. The number of halogens is 1. The summed E-state index contributed by atoms with van der Waals surface area (Å²) in [4.78, 5) is 22.1. The lowest BCUT2D eigenvalue weighted by atomic mass is 10.2. The minimum absolute atomic E-state index is 0.0767. The minimum Gasteiger partial charge on any atom is -0.488 e. The second-order valence-corrected chi connectivity index (χ2v) is 9.08. The number of aromatic nitrogens is 2. The fraction of sp³-hybridized carbons (Fsp3) is 0.231. The fourth-order valence-corrected chi connectivity index (χ4v) is 4.49. The van der Waals surface area contributed by atoms with E-state index in [4.69, 9.17) is 10.5 Å². The predicted molar refractivity (Wildman–Crippen MR) is 140 cm³/mol. The van der Waals surface area contributed by atoms with Crippen LogP contribution < -0.4 is 10.5 Å². The smallest absolute Gasteiger partial charge is 0.214 e. The summed E-state index contributed by atoms with van der Waals surface area (Å²) in [5.41, 5.74) is 7.81. The van der Waals surface area contributed by atoms with E-state index in [0.29, 0.717) is 28.4 Å². The number of ether oxygens (including phenoxy) is 1.